The number of nitrogens with one attached hydrogen (secondary N) is 1. The molecule has 1 N–H and O–H groups in total. The molecular formula is C23H17F3N4O. The van der Waals surface area contributed by atoms with E-state index in [2.05, 4.69) is 22.4 Å². The molecule has 0 aliphatic carbocycles. The van der Waals surface area contributed by atoms with Crippen molar-refractivity contribution in [1.29, 1.82) is 0 Å². The number of alkyl halides is 3. The van der Waals surface area contributed by atoms with Crippen LogP contribution in [0.5, 0.6) is 0 Å². The number of halogens is 3. The molecule has 5 rings (SSSR count). The zero-order chi connectivity index (χ0) is 21.8. The van der Waals surface area contributed by atoms with E-state index >= 15 is 0 Å². The van der Waals surface area contributed by atoms with E-state index in [0.29, 0.717) is 21.8 Å². The summed E-state index contributed by atoms with van der Waals surface area (Å²) in [4.78, 5) is 17.3. The smallest absolute Gasteiger partial charge is 0.309 e. The molecule has 0 radical (unpaired) electrons. The van der Waals surface area contributed by atoms with Crippen LogP contribution in [0.25, 0.3) is 27.5 Å². The molecule has 1 aliphatic heterocycles. The average molecular weight is 422 g/mol. The molecule has 1 aliphatic rings. The van der Waals surface area contributed by atoms with Gasteiger partial charge < -0.3 is 5.43 Å². The maximum Gasteiger partial charge on any atom is 0.416 e. The van der Waals surface area contributed by atoms with Crippen molar-refractivity contribution in [3.05, 3.63) is 82.3 Å². The number of aromatic nitrogens is 2. The summed E-state index contributed by atoms with van der Waals surface area (Å²) >= 11 is 0. The molecular weight excluding hydrogens is 405 g/mol. The highest BCUT2D eigenvalue weighted by Crippen LogP contribution is 2.32. The molecule has 0 saturated carbocycles. The third-order valence-corrected chi connectivity index (χ3v) is 5.51. The van der Waals surface area contributed by atoms with Crippen molar-refractivity contribution in [2.75, 3.05) is 6.54 Å². The summed E-state index contributed by atoms with van der Waals surface area (Å²) < 4.78 is 41.2. The fraction of sp³-hybridized carbons (Fsp3) is 0.174. The molecule has 0 saturated heterocycles. The predicted octanol–water partition coefficient (Wildman–Crippen LogP) is 4.50. The molecule has 0 fully saturated rings. The fourth-order valence-electron chi connectivity index (χ4n) is 3.97. The van der Waals surface area contributed by atoms with Gasteiger partial charge in [0.1, 0.15) is 0 Å². The van der Waals surface area contributed by atoms with Crippen LogP contribution < -0.4 is 11.0 Å². The van der Waals surface area contributed by atoms with Crippen molar-refractivity contribution < 1.29 is 13.2 Å². The van der Waals surface area contributed by atoms with Crippen molar-refractivity contribution in [3.63, 3.8) is 0 Å². The van der Waals surface area contributed by atoms with Crippen LogP contribution in [0.2, 0.25) is 0 Å². The van der Waals surface area contributed by atoms with E-state index in [-0.39, 0.29) is 11.6 Å². The molecule has 5 nitrogen and oxygen atoms in total. The molecule has 31 heavy (non-hydrogen) atoms. The highest BCUT2D eigenvalue weighted by Gasteiger charge is 2.30. The van der Waals surface area contributed by atoms with Crippen LogP contribution in [0.1, 0.15) is 18.1 Å². The molecule has 1 atom stereocenters. The zero-order valence-electron chi connectivity index (χ0n) is 16.4. The number of pyridine rings is 2. The second-order valence-electron chi connectivity index (χ2n) is 7.61. The van der Waals surface area contributed by atoms with Crippen LogP contribution >= 0.6 is 0 Å². The maximum atomic E-state index is 13.3. The first-order valence-electron chi connectivity index (χ1n) is 9.76. The highest BCUT2D eigenvalue weighted by molar-refractivity contribution is 6.10. The van der Waals surface area contributed by atoms with Crippen molar-refractivity contribution in [1.82, 2.24) is 15.0 Å². The van der Waals surface area contributed by atoms with Crippen LogP contribution in [-0.2, 0) is 6.18 Å². The maximum absolute atomic E-state index is 13.3. The Bertz CT molecular complexity index is 1420. The predicted molar refractivity (Wildman–Crippen MR) is 114 cm³/mol. The lowest BCUT2D eigenvalue weighted by Crippen LogP contribution is -2.18. The molecule has 0 spiro atoms. The van der Waals surface area contributed by atoms with Gasteiger partial charge in [-0.25, -0.2) is 0 Å². The summed E-state index contributed by atoms with van der Waals surface area (Å²) in [6.07, 6.45) is -2.89. The topological polar surface area (TPSA) is 59.3 Å². The lowest BCUT2D eigenvalue weighted by molar-refractivity contribution is -0.137. The lowest BCUT2D eigenvalue weighted by atomic mass is 9.97. The number of benzene rings is 2. The highest BCUT2D eigenvalue weighted by atomic mass is 19.4. The monoisotopic (exact) mass is 422 g/mol. The second kappa shape index (κ2) is 6.94. The minimum atomic E-state index is -4.51. The number of fused-ring (bicyclic) bond motifs is 3. The quantitative estimate of drug-likeness (QED) is 0.484. The van der Waals surface area contributed by atoms with E-state index in [1.165, 1.54) is 22.8 Å². The minimum Gasteiger partial charge on any atom is -0.309 e. The van der Waals surface area contributed by atoms with E-state index in [1.807, 2.05) is 18.2 Å². The third-order valence-electron chi connectivity index (χ3n) is 5.51. The molecule has 8 heteroatoms. The van der Waals surface area contributed by atoms with Gasteiger partial charge in [-0.15, -0.1) is 0 Å². The summed E-state index contributed by atoms with van der Waals surface area (Å²) in [7, 11) is 0. The Morgan fingerprint density at radius 3 is 2.68 bits per heavy atom. The normalized spacial score (nSPS) is 16.5. The van der Waals surface area contributed by atoms with Crippen LogP contribution in [-0.4, -0.2) is 21.8 Å². The van der Waals surface area contributed by atoms with Crippen molar-refractivity contribution >= 4 is 27.5 Å². The van der Waals surface area contributed by atoms with Crippen molar-refractivity contribution in [3.8, 4) is 5.69 Å². The van der Waals surface area contributed by atoms with Gasteiger partial charge in [-0.2, -0.15) is 18.3 Å². The van der Waals surface area contributed by atoms with Crippen LogP contribution in [0.15, 0.2) is 70.7 Å². The third kappa shape index (κ3) is 3.24. The van der Waals surface area contributed by atoms with Crippen LogP contribution in [0.4, 0.5) is 13.2 Å². The largest absolute Gasteiger partial charge is 0.416 e. The van der Waals surface area contributed by atoms with Gasteiger partial charge in [0, 0.05) is 41.2 Å². The van der Waals surface area contributed by atoms with Gasteiger partial charge in [-0.05, 0) is 42.0 Å². The Kier molecular flexibility index (Phi) is 4.32. The molecule has 1 unspecified atom stereocenters. The molecule has 2 aromatic carbocycles. The minimum absolute atomic E-state index is 0.150. The van der Waals surface area contributed by atoms with E-state index < -0.39 is 17.3 Å². The van der Waals surface area contributed by atoms with E-state index in [0.717, 1.165) is 30.0 Å². The van der Waals surface area contributed by atoms with Gasteiger partial charge in [0.2, 0.25) is 0 Å². The van der Waals surface area contributed by atoms with Crippen LogP contribution in [0, 0.1) is 5.92 Å². The number of hydrogen-bond donors (Lipinski definition) is 1. The first kappa shape index (κ1) is 19.3. The second-order valence-corrected chi connectivity index (χ2v) is 7.61. The Labute approximate surface area is 174 Å². The molecule has 3 heterocycles. The van der Waals surface area contributed by atoms with Crippen LogP contribution in [0.3, 0.4) is 0 Å². The number of nitrogens with zero attached hydrogens (tertiary/aromatic N) is 3. The van der Waals surface area contributed by atoms with Gasteiger partial charge in [-0.1, -0.05) is 19.1 Å². The van der Waals surface area contributed by atoms with E-state index in [9.17, 15) is 18.0 Å². The molecule has 0 amide bonds. The van der Waals surface area contributed by atoms with Crippen molar-refractivity contribution in [2.24, 2.45) is 11.0 Å². The van der Waals surface area contributed by atoms with Gasteiger partial charge in [0.25, 0.3) is 5.56 Å². The zero-order valence-corrected chi connectivity index (χ0v) is 16.4. The van der Waals surface area contributed by atoms with Gasteiger partial charge in [-0.3, -0.25) is 14.3 Å². The number of hydrazone groups is 1. The Morgan fingerprint density at radius 2 is 1.94 bits per heavy atom. The van der Waals surface area contributed by atoms with E-state index in [1.54, 1.807) is 12.3 Å². The Hall–Kier alpha value is -3.68. The van der Waals surface area contributed by atoms with Gasteiger partial charge in [0.15, 0.2) is 0 Å². The Morgan fingerprint density at radius 1 is 1.10 bits per heavy atom. The number of rotatable bonds is 2. The first-order valence-corrected chi connectivity index (χ1v) is 9.76. The summed E-state index contributed by atoms with van der Waals surface area (Å²) in [5, 5.41) is 5.69. The van der Waals surface area contributed by atoms with E-state index in [4.69, 9.17) is 0 Å². The molecule has 2 aromatic heterocycles. The molecule has 0 bridgehead atoms. The average Bonchev–Trinajstić information content (AvgIpc) is 3.18. The van der Waals surface area contributed by atoms with Gasteiger partial charge >= 0.3 is 6.18 Å². The summed E-state index contributed by atoms with van der Waals surface area (Å²) in [6.45, 7) is 2.79. The van der Waals surface area contributed by atoms with Crippen molar-refractivity contribution in [2.45, 2.75) is 13.1 Å². The molecule has 4 aromatic rings. The number of hydrogen-bond acceptors (Lipinski definition) is 4. The summed E-state index contributed by atoms with van der Waals surface area (Å²) in [6, 6.07) is 13.4. The van der Waals surface area contributed by atoms with Gasteiger partial charge in [0.05, 0.1) is 22.3 Å². The standard InChI is InChI=1S/C23H17F3N4O/c1-13-11-28-29-21(13)14-5-7-19-18(9-14)22-15(12-27-19)6-8-20(31)30(22)17-4-2-3-16(10-17)23(24,25)26/h2-10,12-13,28H,11H2,1H3. The Balaban J connectivity index is 1.84. The molecule has 156 valence electrons. The summed E-state index contributed by atoms with van der Waals surface area (Å²) in [5.41, 5.74) is 4.83. The first-order chi connectivity index (χ1) is 14.8. The fourth-order valence-corrected chi connectivity index (χ4v) is 3.97. The lowest BCUT2D eigenvalue weighted by Gasteiger charge is -2.15. The summed E-state index contributed by atoms with van der Waals surface area (Å²) in [5.74, 6) is 0.214. The SMILES string of the molecule is CC1CNN=C1c1ccc2ncc3ccc(=O)n(-c4cccc(C(F)(F)F)c4)c3c2c1.